The van der Waals surface area contributed by atoms with Crippen LogP contribution in [0.2, 0.25) is 0 Å². The molecule has 30 heavy (non-hydrogen) atoms. The number of nitrogens with one attached hydrogen (secondary N) is 1. The van der Waals surface area contributed by atoms with Crippen LogP contribution in [0.5, 0.6) is 5.75 Å². The number of anilines is 1. The van der Waals surface area contributed by atoms with Gasteiger partial charge in [0, 0.05) is 16.6 Å². The third kappa shape index (κ3) is 5.17. The number of aromatic nitrogens is 2. The number of amides is 1. The minimum atomic E-state index is -0.434. The summed E-state index contributed by atoms with van der Waals surface area (Å²) in [6.07, 6.45) is 0. The van der Waals surface area contributed by atoms with E-state index in [1.165, 1.54) is 23.1 Å². The van der Waals surface area contributed by atoms with Crippen LogP contribution < -0.4 is 10.1 Å². The largest absolute Gasteiger partial charge is 0.497 e. The second-order valence-corrected chi connectivity index (χ2v) is 9.06. The highest BCUT2D eigenvalue weighted by molar-refractivity contribution is 8.00. The molecule has 0 aliphatic carbocycles. The van der Waals surface area contributed by atoms with E-state index in [1.807, 2.05) is 49.6 Å². The third-order valence-corrected chi connectivity index (χ3v) is 6.21. The Morgan fingerprint density at radius 1 is 1.23 bits per heavy atom. The predicted octanol–water partition coefficient (Wildman–Crippen LogP) is 5.33. The maximum Gasteiger partial charge on any atom is 0.239 e. The van der Waals surface area contributed by atoms with Gasteiger partial charge in [0.05, 0.1) is 23.6 Å². The molecule has 1 N–H and O–H groups in total. The molecular formula is C22H22N4O2S2. The number of rotatable bonds is 7. The van der Waals surface area contributed by atoms with Crippen molar-refractivity contribution in [1.29, 1.82) is 5.26 Å². The number of carbonyl (C=O) groups is 1. The van der Waals surface area contributed by atoms with Crippen LogP contribution in [0.4, 0.5) is 5.13 Å². The average molecular weight is 439 g/mol. The van der Waals surface area contributed by atoms with Crippen molar-refractivity contribution < 1.29 is 9.53 Å². The van der Waals surface area contributed by atoms with Gasteiger partial charge in [-0.25, -0.2) is 9.97 Å². The van der Waals surface area contributed by atoms with E-state index in [4.69, 9.17) is 4.74 Å². The number of benzene rings is 1. The Bertz CT molecular complexity index is 1090. The molecule has 1 unspecified atom stereocenters. The van der Waals surface area contributed by atoms with Crippen molar-refractivity contribution in [2.45, 2.75) is 37.0 Å². The summed E-state index contributed by atoms with van der Waals surface area (Å²) in [5, 5.41) is 14.8. The van der Waals surface area contributed by atoms with Crippen molar-refractivity contribution in [3.8, 4) is 23.1 Å². The van der Waals surface area contributed by atoms with Crippen molar-refractivity contribution in [3.05, 3.63) is 53.0 Å². The summed E-state index contributed by atoms with van der Waals surface area (Å²) in [4.78, 5) is 21.8. The topological polar surface area (TPSA) is 87.9 Å². The zero-order valence-corrected chi connectivity index (χ0v) is 18.8. The van der Waals surface area contributed by atoms with Crippen LogP contribution in [-0.4, -0.2) is 28.2 Å². The van der Waals surface area contributed by atoms with Crippen LogP contribution in [0.1, 0.15) is 37.9 Å². The first-order chi connectivity index (χ1) is 14.4. The van der Waals surface area contributed by atoms with Gasteiger partial charge in [0.15, 0.2) is 5.13 Å². The summed E-state index contributed by atoms with van der Waals surface area (Å²) >= 11 is 2.64. The molecular weight excluding hydrogens is 416 g/mol. The fourth-order valence-corrected chi connectivity index (χ4v) is 4.25. The number of methoxy groups -OCH3 is 1. The van der Waals surface area contributed by atoms with Gasteiger partial charge in [-0.15, -0.1) is 11.3 Å². The van der Waals surface area contributed by atoms with Crippen molar-refractivity contribution in [2.24, 2.45) is 0 Å². The van der Waals surface area contributed by atoms with Crippen LogP contribution in [-0.2, 0) is 4.79 Å². The summed E-state index contributed by atoms with van der Waals surface area (Å²) in [6.45, 7) is 5.88. The number of thioether (sulfide) groups is 1. The Morgan fingerprint density at radius 3 is 2.73 bits per heavy atom. The zero-order valence-electron chi connectivity index (χ0n) is 17.2. The highest BCUT2D eigenvalue weighted by atomic mass is 32.2. The van der Waals surface area contributed by atoms with Gasteiger partial charge in [-0.2, -0.15) is 5.26 Å². The highest BCUT2D eigenvalue weighted by Gasteiger charge is 2.19. The Kier molecular flexibility index (Phi) is 7.08. The van der Waals surface area contributed by atoms with Crippen molar-refractivity contribution in [1.82, 2.24) is 9.97 Å². The van der Waals surface area contributed by atoms with Crippen LogP contribution in [0, 0.1) is 11.3 Å². The molecule has 1 aromatic carbocycles. The van der Waals surface area contributed by atoms with Crippen molar-refractivity contribution >= 4 is 34.1 Å². The zero-order chi connectivity index (χ0) is 21.7. The van der Waals surface area contributed by atoms with E-state index in [1.54, 1.807) is 20.1 Å². The standard InChI is InChI=1S/C22H22N4O2S2/c1-13(2)18-9-8-16(11-23)21(24-18)30-14(3)20(27)26-22-25-19(12-29-22)15-6-5-7-17(10-15)28-4/h5-10,12-14H,1-4H3,(H,25,26,27). The molecule has 0 saturated carbocycles. The molecule has 0 aliphatic rings. The monoisotopic (exact) mass is 438 g/mol. The van der Waals surface area contributed by atoms with Gasteiger partial charge in [0.1, 0.15) is 16.8 Å². The second-order valence-electron chi connectivity index (χ2n) is 6.87. The molecule has 0 radical (unpaired) electrons. The van der Waals surface area contributed by atoms with Gasteiger partial charge in [-0.3, -0.25) is 4.79 Å². The molecule has 1 amide bonds. The highest BCUT2D eigenvalue weighted by Crippen LogP contribution is 2.30. The molecule has 1 atom stereocenters. The second kappa shape index (κ2) is 9.74. The fourth-order valence-electron chi connectivity index (χ4n) is 2.63. The van der Waals surface area contributed by atoms with Gasteiger partial charge in [0.2, 0.25) is 5.91 Å². The van der Waals surface area contributed by atoms with Gasteiger partial charge >= 0.3 is 0 Å². The molecule has 2 heterocycles. The molecule has 0 saturated heterocycles. The first kappa shape index (κ1) is 21.8. The Balaban J connectivity index is 1.70. The average Bonchev–Trinajstić information content (AvgIpc) is 3.22. The lowest BCUT2D eigenvalue weighted by atomic mass is 10.1. The van der Waals surface area contributed by atoms with Gasteiger partial charge in [0.25, 0.3) is 0 Å². The molecule has 3 aromatic rings. The molecule has 6 nitrogen and oxygen atoms in total. The fraction of sp³-hybridized carbons (Fsp3) is 0.273. The SMILES string of the molecule is COc1cccc(-c2csc(NC(=O)C(C)Sc3nc(C(C)C)ccc3C#N)n2)c1. The molecule has 3 rings (SSSR count). The Morgan fingerprint density at radius 2 is 2.03 bits per heavy atom. The van der Waals surface area contributed by atoms with E-state index in [0.717, 1.165) is 22.7 Å². The summed E-state index contributed by atoms with van der Waals surface area (Å²) in [5.41, 5.74) is 3.06. The molecule has 2 aromatic heterocycles. The van der Waals surface area contributed by atoms with E-state index in [0.29, 0.717) is 15.7 Å². The predicted molar refractivity (Wildman–Crippen MR) is 121 cm³/mol. The lowest BCUT2D eigenvalue weighted by Crippen LogP contribution is -2.22. The molecule has 154 valence electrons. The maximum atomic E-state index is 12.7. The maximum absolute atomic E-state index is 12.7. The Labute approximate surface area is 184 Å². The number of nitrogens with zero attached hydrogens (tertiary/aromatic N) is 3. The first-order valence-electron chi connectivity index (χ1n) is 9.39. The molecule has 0 bridgehead atoms. The van der Waals surface area contributed by atoms with Gasteiger partial charge in [-0.1, -0.05) is 37.7 Å². The summed E-state index contributed by atoms with van der Waals surface area (Å²) in [6, 6.07) is 13.4. The normalized spacial score (nSPS) is 11.7. The van der Waals surface area contributed by atoms with E-state index in [9.17, 15) is 10.1 Å². The van der Waals surface area contributed by atoms with Gasteiger partial charge < -0.3 is 10.1 Å². The smallest absolute Gasteiger partial charge is 0.239 e. The molecule has 0 aliphatic heterocycles. The van der Waals surface area contributed by atoms with E-state index in [2.05, 4.69) is 21.4 Å². The minimum absolute atomic E-state index is 0.188. The number of nitriles is 1. The number of hydrogen-bond acceptors (Lipinski definition) is 7. The number of ether oxygens (including phenoxy) is 1. The number of pyridine rings is 1. The van der Waals surface area contributed by atoms with E-state index < -0.39 is 5.25 Å². The van der Waals surface area contributed by atoms with Crippen LogP contribution in [0.3, 0.4) is 0 Å². The van der Waals surface area contributed by atoms with E-state index in [-0.39, 0.29) is 11.8 Å². The van der Waals surface area contributed by atoms with Crippen LogP contribution in [0.25, 0.3) is 11.3 Å². The molecule has 8 heteroatoms. The lowest BCUT2D eigenvalue weighted by Gasteiger charge is -2.13. The summed E-state index contributed by atoms with van der Waals surface area (Å²) in [7, 11) is 1.62. The van der Waals surface area contributed by atoms with Crippen molar-refractivity contribution in [3.63, 3.8) is 0 Å². The summed E-state index contributed by atoms with van der Waals surface area (Å²) in [5.74, 6) is 0.805. The number of thiazole rings is 1. The quantitative estimate of drug-likeness (QED) is 0.502. The first-order valence-corrected chi connectivity index (χ1v) is 11.2. The Hall–Kier alpha value is -2.89. The van der Waals surface area contributed by atoms with Crippen molar-refractivity contribution in [2.75, 3.05) is 12.4 Å². The number of carbonyl (C=O) groups excluding carboxylic acids is 1. The number of hydrogen-bond donors (Lipinski definition) is 1. The van der Waals surface area contributed by atoms with Crippen LogP contribution >= 0.6 is 23.1 Å². The van der Waals surface area contributed by atoms with Gasteiger partial charge in [-0.05, 0) is 37.1 Å². The molecule has 0 spiro atoms. The summed E-state index contributed by atoms with van der Waals surface area (Å²) < 4.78 is 5.25. The van der Waals surface area contributed by atoms with E-state index >= 15 is 0 Å². The minimum Gasteiger partial charge on any atom is -0.497 e. The van der Waals surface area contributed by atoms with Crippen LogP contribution in [0.15, 0.2) is 46.8 Å². The molecule has 0 fully saturated rings. The lowest BCUT2D eigenvalue weighted by molar-refractivity contribution is -0.115. The third-order valence-electron chi connectivity index (χ3n) is 4.35.